The van der Waals surface area contributed by atoms with Crippen molar-refractivity contribution >= 4 is 0 Å². The quantitative estimate of drug-likeness (QED) is 0.542. The highest BCUT2D eigenvalue weighted by Gasteiger charge is 3.03. The molecule has 0 amide bonds. The topological polar surface area (TPSA) is 0 Å². The first-order chi connectivity index (χ1) is 6.89. The van der Waals surface area contributed by atoms with Crippen molar-refractivity contribution in [3.63, 3.8) is 0 Å². The van der Waals surface area contributed by atoms with Crippen LogP contribution in [0.15, 0.2) is 0 Å². The molecule has 7 fully saturated rings. The van der Waals surface area contributed by atoms with Gasteiger partial charge >= 0.3 is 0 Å². The lowest BCUT2D eigenvalue weighted by molar-refractivity contribution is -0.163. The zero-order chi connectivity index (χ0) is 8.45. The Morgan fingerprint density at radius 1 is 0.714 bits per heavy atom. The summed E-state index contributed by atoms with van der Waals surface area (Å²) in [5, 5.41) is 0. The van der Waals surface area contributed by atoms with Crippen molar-refractivity contribution < 1.29 is 0 Å². The van der Waals surface area contributed by atoms with Crippen molar-refractivity contribution in [3.05, 3.63) is 0 Å². The summed E-state index contributed by atoms with van der Waals surface area (Å²) in [6, 6.07) is 0. The molecule has 7 rings (SSSR count). The van der Waals surface area contributed by atoms with Gasteiger partial charge in [0.05, 0.1) is 0 Å². The van der Waals surface area contributed by atoms with Crippen LogP contribution < -0.4 is 0 Å². The Hall–Kier alpha value is 0. The van der Waals surface area contributed by atoms with Gasteiger partial charge in [0.25, 0.3) is 0 Å². The molecule has 0 heteroatoms. The Morgan fingerprint density at radius 2 is 1.29 bits per heavy atom. The fourth-order valence-electron chi connectivity index (χ4n) is 9.19. The smallest absolute Gasteiger partial charge is 0.0164 e. The van der Waals surface area contributed by atoms with E-state index in [1.165, 1.54) is 47.3 Å². The van der Waals surface area contributed by atoms with E-state index in [0.29, 0.717) is 0 Å². The molecule has 0 heterocycles. The molecule has 0 radical (unpaired) electrons. The molecule has 8 unspecified atom stereocenters. The van der Waals surface area contributed by atoms with E-state index in [4.69, 9.17) is 0 Å². The molecule has 0 nitrogen and oxygen atoms in total. The molecule has 0 aliphatic heterocycles. The van der Waals surface area contributed by atoms with Gasteiger partial charge in [-0.3, -0.25) is 0 Å². The average molecular weight is 184 g/mol. The van der Waals surface area contributed by atoms with Crippen LogP contribution >= 0.6 is 0 Å². The first-order valence-corrected chi connectivity index (χ1v) is 6.89. The molecule has 7 aliphatic rings. The molecule has 4 bridgehead atoms. The molecular weight excluding hydrogens is 168 g/mol. The maximum atomic E-state index is 1.74. The molecule has 72 valence electrons. The van der Waals surface area contributed by atoms with Gasteiger partial charge < -0.3 is 0 Å². The average Bonchev–Trinajstić information content (AvgIpc) is 2.57. The standard InChI is InChI=1S/C14H16/c1-5-6-2-10-11-9(1)13-3-7(5)8(6)4-14(10,13)12(11)13/h5-12H,1-4H2. The van der Waals surface area contributed by atoms with E-state index in [1.54, 1.807) is 25.7 Å². The molecule has 2 spiro atoms. The van der Waals surface area contributed by atoms with Crippen molar-refractivity contribution in [2.45, 2.75) is 25.7 Å². The Balaban J connectivity index is 1.67. The fraction of sp³-hybridized carbons (Fsp3) is 1.00. The number of fused-ring (bicyclic) bond motifs is 3. The van der Waals surface area contributed by atoms with Gasteiger partial charge in [-0.1, -0.05) is 0 Å². The SMILES string of the molecule is C1C2C3CC4C5C1C16CC2C3CC41C56. The molecule has 14 heavy (non-hydrogen) atoms. The monoisotopic (exact) mass is 184 g/mol. The lowest BCUT2D eigenvalue weighted by atomic mass is 9.40. The highest BCUT2D eigenvalue weighted by atomic mass is 15.1. The molecule has 0 aromatic rings. The molecule has 0 saturated heterocycles. The molecule has 0 aromatic heterocycles. The largest absolute Gasteiger partial charge is 0.0462 e. The molecule has 0 aromatic carbocycles. The summed E-state index contributed by atoms with van der Waals surface area (Å²) in [6.45, 7) is 0. The van der Waals surface area contributed by atoms with Crippen LogP contribution in [0, 0.1) is 58.2 Å². The number of rotatable bonds is 0. The van der Waals surface area contributed by atoms with Crippen LogP contribution in [-0.2, 0) is 0 Å². The molecule has 8 atom stereocenters. The van der Waals surface area contributed by atoms with E-state index in [-0.39, 0.29) is 0 Å². The van der Waals surface area contributed by atoms with Crippen LogP contribution in [0.4, 0.5) is 0 Å². The van der Waals surface area contributed by atoms with Gasteiger partial charge in [-0.15, -0.1) is 0 Å². The van der Waals surface area contributed by atoms with Crippen molar-refractivity contribution in [2.24, 2.45) is 58.2 Å². The Bertz CT molecular complexity index is 376. The van der Waals surface area contributed by atoms with Crippen molar-refractivity contribution in [2.75, 3.05) is 0 Å². The summed E-state index contributed by atoms with van der Waals surface area (Å²) >= 11 is 0. The predicted octanol–water partition coefficient (Wildman–Crippen LogP) is 2.54. The lowest BCUT2D eigenvalue weighted by Gasteiger charge is -2.65. The van der Waals surface area contributed by atoms with Gasteiger partial charge in [0.2, 0.25) is 0 Å². The minimum atomic E-state index is 1.03. The van der Waals surface area contributed by atoms with E-state index in [1.807, 2.05) is 0 Å². The summed E-state index contributed by atoms with van der Waals surface area (Å²) in [6.07, 6.45) is 6.90. The van der Waals surface area contributed by atoms with E-state index >= 15 is 0 Å². The highest BCUT2D eigenvalue weighted by Crippen LogP contribution is 3.07. The predicted molar refractivity (Wildman–Crippen MR) is 51.3 cm³/mol. The van der Waals surface area contributed by atoms with Gasteiger partial charge in [-0.25, -0.2) is 0 Å². The first-order valence-electron chi connectivity index (χ1n) is 6.89. The minimum absolute atomic E-state index is 1.03. The second-order valence-electron chi connectivity index (χ2n) is 7.88. The Kier molecular flexibility index (Phi) is 0.494. The van der Waals surface area contributed by atoms with Gasteiger partial charge in [-0.2, -0.15) is 0 Å². The maximum Gasteiger partial charge on any atom is -0.0164 e. The Morgan fingerprint density at radius 3 is 1.86 bits per heavy atom. The van der Waals surface area contributed by atoms with Gasteiger partial charge in [-0.05, 0) is 83.9 Å². The van der Waals surface area contributed by atoms with E-state index in [0.717, 1.165) is 10.8 Å². The zero-order valence-electron chi connectivity index (χ0n) is 8.45. The second-order valence-corrected chi connectivity index (χ2v) is 7.88. The third-order valence-electron chi connectivity index (χ3n) is 8.93. The number of hydrogen-bond acceptors (Lipinski definition) is 0. The molecular formula is C14H16. The third-order valence-corrected chi connectivity index (χ3v) is 8.93. The van der Waals surface area contributed by atoms with Crippen molar-refractivity contribution in [3.8, 4) is 0 Å². The van der Waals surface area contributed by atoms with Gasteiger partial charge in [0.1, 0.15) is 0 Å². The highest BCUT2D eigenvalue weighted by molar-refractivity contribution is 5.50. The minimum Gasteiger partial charge on any atom is -0.0462 e. The summed E-state index contributed by atoms with van der Waals surface area (Å²) in [4.78, 5) is 0. The van der Waals surface area contributed by atoms with E-state index in [9.17, 15) is 0 Å². The summed E-state index contributed by atoms with van der Waals surface area (Å²) in [5.74, 6) is 10.2. The number of hydrogen-bond donors (Lipinski definition) is 0. The van der Waals surface area contributed by atoms with Crippen LogP contribution in [0.25, 0.3) is 0 Å². The van der Waals surface area contributed by atoms with Crippen LogP contribution in [0.1, 0.15) is 25.7 Å². The second kappa shape index (κ2) is 1.17. The van der Waals surface area contributed by atoms with Gasteiger partial charge in [0.15, 0.2) is 0 Å². The molecule has 0 N–H and O–H groups in total. The Labute approximate surface area is 84.4 Å². The summed E-state index contributed by atoms with van der Waals surface area (Å²) in [5.41, 5.74) is 2.07. The molecule has 7 saturated carbocycles. The lowest BCUT2D eigenvalue weighted by Crippen LogP contribution is -2.58. The normalized spacial score (nSPS) is 96.0. The van der Waals surface area contributed by atoms with Crippen LogP contribution in [0.5, 0.6) is 0 Å². The fourth-order valence-corrected chi connectivity index (χ4v) is 9.19. The van der Waals surface area contributed by atoms with Crippen LogP contribution in [0.2, 0.25) is 0 Å². The van der Waals surface area contributed by atoms with E-state index < -0.39 is 0 Å². The van der Waals surface area contributed by atoms with Crippen LogP contribution in [-0.4, -0.2) is 0 Å². The molecule has 7 aliphatic carbocycles. The summed E-state index contributed by atoms with van der Waals surface area (Å²) < 4.78 is 0. The first kappa shape index (κ1) is 5.92. The van der Waals surface area contributed by atoms with Crippen molar-refractivity contribution in [1.82, 2.24) is 0 Å². The van der Waals surface area contributed by atoms with Crippen molar-refractivity contribution in [1.29, 1.82) is 0 Å². The zero-order valence-corrected chi connectivity index (χ0v) is 8.45. The third kappa shape index (κ3) is 0.245. The van der Waals surface area contributed by atoms with E-state index in [2.05, 4.69) is 0 Å². The summed E-state index contributed by atoms with van der Waals surface area (Å²) in [7, 11) is 0. The van der Waals surface area contributed by atoms with Gasteiger partial charge in [0, 0.05) is 0 Å². The van der Waals surface area contributed by atoms with Crippen LogP contribution in [0.3, 0.4) is 0 Å². The maximum absolute atomic E-state index is 1.74.